The number of rotatable bonds is 4. The molecule has 1 aliphatic heterocycles. The Morgan fingerprint density at radius 2 is 2.00 bits per heavy atom. The lowest BCUT2D eigenvalue weighted by atomic mass is 10.2. The second-order valence-electron chi connectivity index (χ2n) is 5.95. The number of carbonyl (C=O) groups is 1. The molecule has 5 heteroatoms. The zero-order valence-corrected chi connectivity index (χ0v) is 12.1. The molecule has 3 rings (SSSR count). The van der Waals surface area contributed by atoms with Crippen molar-refractivity contribution < 1.29 is 9.53 Å². The van der Waals surface area contributed by atoms with E-state index in [1.54, 1.807) is 0 Å². The number of aromatic nitrogens is 2. The zero-order valence-electron chi connectivity index (χ0n) is 12.1. The van der Waals surface area contributed by atoms with Gasteiger partial charge in [0.1, 0.15) is 6.10 Å². The normalized spacial score (nSPS) is 22.1. The third-order valence-corrected chi connectivity index (χ3v) is 3.89. The van der Waals surface area contributed by atoms with Crippen molar-refractivity contribution in [1.29, 1.82) is 0 Å². The van der Waals surface area contributed by atoms with E-state index in [4.69, 9.17) is 4.74 Å². The second-order valence-corrected chi connectivity index (χ2v) is 5.95. The molecule has 0 spiro atoms. The minimum atomic E-state index is 0.0272. The maximum Gasteiger partial charge on any atom is 0.317 e. The van der Waals surface area contributed by atoms with E-state index in [0.717, 1.165) is 24.4 Å². The maximum atomic E-state index is 12.0. The van der Waals surface area contributed by atoms with Crippen LogP contribution in [0.3, 0.4) is 0 Å². The Kier molecular flexibility index (Phi) is 3.59. The molecule has 1 aliphatic carbocycles. The summed E-state index contributed by atoms with van der Waals surface area (Å²) in [5.74, 6) is 0.921. The third kappa shape index (κ3) is 3.26. The van der Waals surface area contributed by atoms with Crippen LogP contribution in [0.5, 0.6) is 6.01 Å². The summed E-state index contributed by atoms with van der Waals surface area (Å²) in [5, 5.41) is 0. The molecule has 2 heterocycles. The van der Waals surface area contributed by atoms with E-state index in [1.165, 1.54) is 12.8 Å². The Morgan fingerprint density at radius 1 is 1.30 bits per heavy atom. The van der Waals surface area contributed by atoms with Gasteiger partial charge in [-0.15, -0.1) is 0 Å². The highest BCUT2D eigenvalue weighted by atomic mass is 16.5. The average Bonchev–Trinajstić information content (AvgIpc) is 3.04. The van der Waals surface area contributed by atoms with Gasteiger partial charge in [0.05, 0.1) is 6.54 Å². The molecule has 0 N–H and O–H groups in total. The van der Waals surface area contributed by atoms with Crippen LogP contribution < -0.4 is 4.74 Å². The van der Waals surface area contributed by atoms with E-state index in [0.29, 0.717) is 24.9 Å². The van der Waals surface area contributed by atoms with Gasteiger partial charge in [0.25, 0.3) is 0 Å². The van der Waals surface area contributed by atoms with E-state index < -0.39 is 0 Å². The minimum Gasteiger partial charge on any atom is -0.458 e. The lowest BCUT2D eigenvalue weighted by Crippen LogP contribution is -2.31. The van der Waals surface area contributed by atoms with Crippen molar-refractivity contribution in [2.45, 2.75) is 45.6 Å². The van der Waals surface area contributed by atoms with E-state index in [1.807, 2.05) is 24.8 Å². The van der Waals surface area contributed by atoms with Gasteiger partial charge in [0, 0.05) is 30.8 Å². The third-order valence-electron chi connectivity index (χ3n) is 3.89. The first-order valence-electron chi connectivity index (χ1n) is 7.37. The molecule has 1 aromatic rings. The molecule has 5 nitrogen and oxygen atoms in total. The van der Waals surface area contributed by atoms with Crippen molar-refractivity contribution in [1.82, 2.24) is 14.9 Å². The quantitative estimate of drug-likeness (QED) is 0.842. The Morgan fingerprint density at radius 3 is 2.65 bits per heavy atom. The Bertz CT molecular complexity index is 494. The van der Waals surface area contributed by atoms with Crippen molar-refractivity contribution in [3.63, 3.8) is 0 Å². The summed E-state index contributed by atoms with van der Waals surface area (Å²) in [6.45, 7) is 5.33. The van der Waals surface area contributed by atoms with Crippen molar-refractivity contribution >= 4 is 5.91 Å². The lowest BCUT2D eigenvalue weighted by molar-refractivity contribution is -0.130. The molecule has 0 aromatic carbocycles. The predicted octanol–water partition coefficient (Wildman–Crippen LogP) is 1.87. The monoisotopic (exact) mass is 275 g/mol. The molecule has 1 saturated carbocycles. The first-order chi connectivity index (χ1) is 9.60. The van der Waals surface area contributed by atoms with Crippen molar-refractivity contribution in [3.8, 4) is 6.01 Å². The van der Waals surface area contributed by atoms with Crippen LogP contribution in [0.1, 0.15) is 37.1 Å². The smallest absolute Gasteiger partial charge is 0.317 e. The van der Waals surface area contributed by atoms with Gasteiger partial charge in [-0.05, 0) is 38.7 Å². The Balaban J connectivity index is 1.55. The number of hydrogen-bond donors (Lipinski definition) is 0. The molecule has 1 saturated heterocycles. The first-order valence-corrected chi connectivity index (χ1v) is 7.37. The van der Waals surface area contributed by atoms with Crippen LogP contribution in [0.15, 0.2) is 6.07 Å². The van der Waals surface area contributed by atoms with Crippen LogP contribution in [0.2, 0.25) is 0 Å². The van der Waals surface area contributed by atoms with Crippen LogP contribution in [-0.2, 0) is 4.79 Å². The highest BCUT2D eigenvalue weighted by Gasteiger charge is 2.32. The van der Waals surface area contributed by atoms with Gasteiger partial charge in [-0.1, -0.05) is 0 Å². The molecule has 0 radical (unpaired) electrons. The van der Waals surface area contributed by atoms with Crippen LogP contribution in [0, 0.1) is 19.8 Å². The molecule has 108 valence electrons. The molecule has 2 aliphatic rings. The van der Waals surface area contributed by atoms with Crippen molar-refractivity contribution in [2.24, 2.45) is 5.92 Å². The molecular formula is C15H21N3O2. The number of amides is 1. The molecular weight excluding hydrogens is 254 g/mol. The van der Waals surface area contributed by atoms with Gasteiger partial charge in [-0.3, -0.25) is 4.79 Å². The van der Waals surface area contributed by atoms with Gasteiger partial charge < -0.3 is 9.64 Å². The Hall–Kier alpha value is -1.65. The SMILES string of the molecule is Cc1cc(C)nc(OC2CCN(C(=O)CC3CC3)C2)n1. The number of hydrogen-bond acceptors (Lipinski definition) is 4. The molecule has 20 heavy (non-hydrogen) atoms. The van der Waals surface area contributed by atoms with Gasteiger partial charge >= 0.3 is 6.01 Å². The molecule has 0 bridgehead atoms. The average molecular weight is 275 g/mol. The predicted molar refractivity (Wildman–Crippen MR) is 74.5 cm³/mol. The summed E-state index contributed by atoms with van der Waals surface area (Å²) in [6, 6.07) is 2.36. The standard InChI is InChI=1S/C15H21N3O2/c1-10-7-11(2)17-15(16-10)20-13-5-6-18(9-13)14(19)8-12-3-4-12/h7,12-13H,3-6,8-9H2,1-2H3. The van der Waals surface area contributed by atoms with E-state index in [-0.39, 0.29) is 12.0 Å². The van der Waals surface area contributed by atoms with Gasteiger partial charge in [0.2, 0.25) is 5.91 Å². The topological polar surface area (TPSA) is 55.3 Å². The second kappa shape index (κ2) is 5.38. The number of nitrogens with zero attached hydrogens (tertiary/aromatic N) is 3. The van der Waals surface area contributed by atoms with Crippen LogP contribution in [-0.4, -0.2) is 40.0 Å². The number of aryl methyl sites for hydroxylation is 2. The van der Waals surface area contributed by atoms with Crippen LogP contribution >= 0.6 is 0 Å². The molecule has 1 aromatic heterocycles. The summed E-state index contributed by atoms with van der Waals surface area (Å²) in [5.41, 5.74) is 1.82. The van der Waals surface area contributed by atoms with Crippen molar-refractivity contribution in [3.05, 3.63) is 17.5 Å². The Labute approximate surface area is 119 Å². The number of likely N-dealkylation sites (tertiary alicyclic amines) is 1. The fourth-order valence-electron chi connectivity index (χ4n) is 2.64. The molecule has 2 fully saturated rings. The summed E-state index contributed by atoms with van der Waals surface area (Å²) in [7, 11) is 0. The van der Waals surface area contributed by atoms with Crippen LogP contribution in [0.25, 0.3) is 0 Å². The highest BCUT2D eigenvalue weighted by Crippen LogP contribution is 2.33. The minimum absolute atomic E-state index is 0.0272. The van der Waals surface area contributed by atoms with Gasteiger partial charge in [-0.25, -0.2) is 9.97 Å². The summed E-state index contributed by atoms with van der Waals surface area (Å²) in [4.78, 5) is 22.5. The summed E-state index contributed by atoms with van der Waals surface area (Å²) >= 11 is 0. The lowest BCUT2D eigenvalue weighted by Gasteiger charge is -2.16. The van der Waals surface area contributed by atoms with Crippen molar-refractivity contribution in [2.75, 3.05) is 13.1 Å². The fourth-order valence-corrected chi connectivity index (χ4v) is 2.64. The van der Waals surface area contributed by atoms with E-state index >= 15 is 0 Å². The summed E-state index contributed by atoms with van der Waals surface area (Å²) in [6.07, 6.45) is 4.05. The van der Waals surface area contributed by atoms with E-state index in [9.17, 15) is 4.79 Å². The largest absolute Gasteiger partial charge is 0.458 e. The molecule has 1 amide bonds. The number of carbonyl (C=O) groups excluding carboxylic acids is 1. The summed E-state index contributed by atoms with van der Waals surface area (Å²) < 4.78 is 5.82. The van der Waals surface area contributed by atoms with E-state index in [2.05, 4.69) is 9.97 Å². The zero-order chi connectivity index (χ0) is 14.1. The fraction of sp³-hybridized carbons (Fsp3) is 0.667. The highest BCUT2D eigenvalue weighted by molar-refractivity contribution is 5.77. The number of ether oxygens (including phenoxy) is 1. The van der Waals surface area contributed by atoms with Crippen LogP contribution in [0.4, 0.5) is 0 Å². The maximum absolute atomic E-state index is 12.0. The molecule has 1 atom stereocenters. The molecule has 1 unspecified atom stereocenters. The van der Waals surface area contributed by atoms with Gasteiger partial charge in [-0.2, -0.15) is 0 Å². The van der Waals surface area contributed by atoms with Gasteiger partial charge in [0.15, 0.2) is 0 Å². The first kappa shape index (κ1) is 13.3.